The lowest BCUT2D eigenvalue weighted by Crippen LogP contribution is -2.24. The van der Waals surface area contributed by atoms with Crippen LogP contribution in [-0.4, -0.2) is 11.7 Å². The van der Waals surface area contributed by atoms with Gasteiger partial charge >= 0.3 is 0 Å². The van der Waals surface area contributed by atoms with Gasteiger partial charge in [0.15, 0.2) is 0 Å². The van der Waals surface area contributed by atoms with Gasteiger partial charge in [0.2, 0.25) is 0 Å². The summed E-state index contributed by atoms with van der Waals surface area (Å²) in [6.45, 7) is 1.96. The zero-order chi connectivity index (χ0) is 13.5. The first kappa shape index (κ1) is 13.2. The Morgan fingerprint density at radius 1 is 1.00 bits per heavy atom. The molecule has 0 radical (unpaired) electrons. The summed E-state index contributed by atoms with van der Waals surface area (Å²) >= 11 is 0. The van der Waals surface area contributed by atoms with Crippen LogP contribution in [-0.2, 0) is 0 Å². The van der Waals surface area contributed by atoms with Crippen molar-refractivity contribution in [2.45, 2.75) is 6.92 Å². The van der Waals surface area contributed by atoms with E-state index in [-0.39, 0.29) is 6.61 Å². The van der Waals surface area contributed by atoms with Gasteiger partial charge in [0, 0.05) is 5.22 Å². The van der Waals surface area contributed by atoms with Crippen molar-refractivity contribution in [2.75, 3.05) is 6.61 Å². The third-order valence-corrected chi connectivity index (χ3v) is 2.75. The van der Waals surface area contributed by atoms with E-state index in [1.807, 2.05) is 61.5 Å². The number of nitrogens with zero attached hydrogens (tertiary/aromatic N) is 2. The van der Waals surface area contributed by atoms with Gasteiger partial charge < -0.3 is 5.11 Å². The summed E-state index contributed by atoms with van der Waals surface area (Å²) in [6.07, 6.45) is 3.73. The van der Waals surface area contributed by atoms with Crippen LogP contribution >= 0.6 is 0 Å². The van der Waals surface area contributed by atoms with Crippen LogP contribution in [0.25, 0.3) is 12.2 Å². The van der Waals surface area contributed by atoms with Crippen LogP contribution in [0.5, 0.6) is 0 Å². The van der Waals surface area contributed by atoms with E-state index in [0.717, 1.165) is 21.8 Å². The molecule has 0 bridgehead atoms. The highest BCUT2D eigenvalue weighted by atomic mass is 16.2. The maximum atomic E-state index is 9.01. The van der Waals surface area contributed by atoms with Gasteiger partial charge in [-0.25, -0.2) is 0 Å². The van der Waals surface area contributed by atoms with Crippen LogP contribution in [0.15, 0.2) is 58.8 Å². The number of hydrogen-bond donors (Lipinski definition) is 1. The fraction of sp³-hybridized carbons (Fsp3) is 0.125. The van der Waals surface area contributed by atoms with E-state index in [2.05, 4.69) is 10.2 Å². The number of aliphatic hydroxyl groups is 1. The second kappa shape index (κ2) is 6.61. The van der Waals surface area contributed by atoms with Gasteiger partial charge in [-0.05, 0) is 30.3 Å². The molecule has 0 atom stereocenters. The van der Waals surface area contributed by atoms with E-state index in [0.29, 0.717) is 0 Å². The highest BCUT2D eigenvalue weighted by Crippen LogP contribution is 2.13. The molecule has 0 aliphatic carbocycles. The predicted octanol–water partition coefficient (Wildman–Crippen LogP) is 2.68. The fourth-order valence-corrected chi connectivity index (χ4v) is 1.85. The minimum Gasteiger partial charge on any atom is -0.392 e. The molecule has 0 amide bonds. The van der Waals surface area contributed by atoms with E-state index in [1.54, 1.807) is 6.08 Å². The molecule has 3 heteroatoms. The highest BCUT2D eigenvalue weighted by Gasteiger charge is 1.94. The Morgan fingerprint density at radius 3 is 2.47 bits per heavy atom. The Kier molecular flexibility index (Phi) is 4.59. The van der Waals surface area contributed by atoms with Crippen molar-refractivity contribution in [3.63, 3.8) is 0 Å². The molecule has 19 heavy (non-hydrogen) atoms. The van der Waals surface area contributed by atoms with Crippen molar-refractivity contribution in [2.24, 2.45) is 10.2 Å². The number of rotatable bonds is 3. The maximum Gasteiger partial charge on any atom is 0.0931 e. The van der Waals surface area contributed by atoms with Crippen LogP contribution in [0.2, 0.25) is 0 Å². The van der Waals surface area contributed by atoms with Crippen LogP contribution in [0, 0.1) is 0 Å². The SMILES string of the molecule is C/C=c1/c(N=Nc2ccccc2)ccc/c1=C/CO. The van der Waals surface area contributed by atoms with E-state index < -0.39 is 0 Å². The quantitative estimate of drug-likeness (QED) is 0.839. The van der Waals surface area contributed by atoms with E-state index in [1.165, 1.54) is 0 Å². The molecule has 2 aromatic rings. The third-order valence-electron chi connectivity index (χ3n) is 2.75. The van der Waals surface area contributed by atoms with Gasteiger partial charge in [-0.1, -0.05) is 42.5 Å². The first-order valence-corrected chi connectivity index (χ1v) is 6.18. The third kappa shape index (κ3) is 3.36. The van der Waals surface area contributed by atoms with Gasteiger partial charge in [-0.3, -0.25) is 0 Å². The smallest absolute Gasteiger partial charge is 0.0931 e. The van der Waals surface area contributed by atoms with E-state index >= 15 is 0 Å². The lowest BCUT2D eigenvalue weighted by Gasteiger charge is -1.96. The zero-order valence-corrected chi connectivity index (χ0v) is 10.8. The van der Waals surface area contributed by atoms with Crippen molar-refractivity contribution >= 4 is 23.5 Å². The van der Waals surface area contributed by atoms with Crippen LogP contribution in [0.4, 0.5) is 11.4 Å². The Morgan fingerprint density at radius 2 is 1.79 bits per heavy atom. The molecule has 0 spiro atoms. The Balaban J connectivity index is 2.45. The number of benzene rings is 2. The molecule has 0 saturated carbocycles. The summed E-state index contributed by atoms with van der Waals surface area (Å²) in [4.78, 5) is 0. The lowest BCUT2D eigenvalue weighted by molar-refractivity contribution is 0.355. The van der Waals surface area contributed by atoms with Gasteiger partial charge in [0.25, 0.3) is 0 Å². The van der Waals surface area contributed by atoms with Crippen molar-refractivity contribution in [3.8, 4) is 0 Å². The fourth-order valence-electron chi connectivity index (χ4n) is 1.85. The standard InChI is InChI=1S/C16H16N2O/c1-2-15-13(11-12-19)7-6-10-16(15)18-17-14-8-4-3-5-9-14/h2-11,19H,12H2,1H3/b13-11-,15-2+,18-17?. The molecule has 0 aliphatic rings. The van der Waals surface area contributed by atoms with Crippen molar-refractivity contribution < 1.29 is 5.11 Å². The average Bonchev–Trinajstić information content (AvgIpc) is 2.46. The molecule has 0 unspecified atom stereocenters. The minimum absolute atomic E-state index is 0.0140. The van der Waals surface area contributed by atoms with Crippen LogP contribution < -0.4 is 10.4 Å². The summed E-state index contributed by atoms with van der Waals surface area (Å²) < 4.78 is 0. The molecule has 0 aromatic heterocycles. The van der Waals surface area contributed by atoms with Crippen molar-refractivity contribution in [3.05, 3.63) is 59.0 Å². The normalized spacial score (nSPS) is 13.4. The molecular formula is C16H16N2O. The predicted molar refractivity (Wildman–Crippen MR) is 78.0 cm³/mol. The number of hydrogen-bond acceptors (Lipinski definition) is 3. The second-order valence-electron chi connectivity index (χ2n) is 3.99. The summed E-state index contributed by atoms with van der Waals surface area (Å²) in [5, 5.41) is 19.5. The molecule has 0 aliphatic heterocycles. The first-order valence-electron chi connectivity index (χ1n) is 6.18. The monoisotopic (exact) mass is 252 g/mol. The molecule has 2 rings (SSSR count). The molecule has 3 nitrogen and oxygen atoms in total. The zero-order valence-electron chi connectivity index (χ0n) is 10.8. The first-order chi connectivity index (χ1) is 9.35. The summed E-state index contributed by atoms with van der Waals surface area (Å²) in [6, 6.07) is 15.4. The van der Waals surface area contributed by atoms with Gasteiger partial charge in [0.05, 0.1) is 18.0 Å². The maximum absolute atomic E-state index is 9.01. The summed E-state index contributed by atoms with van der Waals surface area (Å²) in [7, 11) is 0. The molecule has 1 N–H and O–H groups in total. The van der Waals surface area contributed by atoms with Crippen molar-refractivity contribution in [1.29, 1.82) is 0 Å². The number of azo groups is 1. The van der Waals surface area contributed by atoms with E-state index in [9.17, 15) is 0 Å². The average molecular weight is 252 g/mol. The largest absolute Gasteiger partial charge is 0.392 e. The molecule has 0 heterocycles. The van der Waals surface area contributed by atoms with Gasteiger partial charge in [-0.2, -0.15) is 5.11 Å². The highest BCUT2D eigenvalue weighted by molar-refractivity contribution is 5.47. The Bertz CT molecular complexity index is 676. The van der Waals surface area contributed by atoms with Crippen LogP contribution in [0.1, 0.15) is 6.92 Å². The summed E-state index contributed by atoms with van der Waals surface area (Å²) in [5.74, 6) is 0. The van der Waals surface area contributed by atoms with Crippen LogP contribution in [0.3, 0.4) is 0 Å². The Labute approximate surface area is 112 Å². The molecule has 0 saturated heterocycles. The van der Waals surface area contributed by atoms with E-state index in [4.69, 9.17) is 5.11 Å². The topological polar surface area (TPSA) is 45.0 Å². The second-order valence-corrected chi connectivity index (χ2v) is 3.99. The van der Waals surface area contributed by atoms with Crippen molar-refractivity contribution in [1.82, 2.24) is 0 Å². The van der Waals surface area contributed by atoms with Gasteiger partial charge in [-0.15, -0.1) is 5.11 Å². The molecular weight excluding hydrogens is 236 g/mol. The number of aliphatic hydroxyl groups excluding tert-OH is 1. The Hall–Kier alpha value is -2.26. The minimum atomic E-state index is 0.0140. The van der Waals surface area contributed by atoms with Gasteiger partial charge in [0.1, 0.15) is 0 Å². The molecule has 2 aromatic carbocycles. The molecule has 0 fully saturated rings. The molecule has 96 valence electrons. The lowest BCUT2D eigenvalue weighted by atomic mass is 10.2. The summed E-state index contributed by atoms with van der Waals surface area (Å²) in [5.41, 5.74) is 1.62.